The van der Waals surface area contributed by atoms with Crippen LogP contribution in [0.1, 0.15) is 68.9 Å². The highest BCUT2D eigenvalue weighted by molar-refractivity contribution is 6.00. The first-order valence-electron chi connectivity index (χ1n) is 16.6. The first-order chi connectivity index (χ1) is 22.7. The van der Waals surface area contributed by atoms with Gasteiger partial charge in [0.15, 0.2) is 0 Å². The van der Waals surface area contributed by atoms with Gasteiger partial charge in [0, 0.05) is 44.5 Å². The van der Waals surface area contributed by atoms with E-state index in [1.807, 2.05) is 36.4 Å². The Balaban J connectivity index is 1.20. The topological polar surface area (TPSA) is 164 Å². The smallest absolute Gasteiger partial charge is 0.433 e. The van der Waals surface area contributed by atoms with Crippen LogP contribution in [0.3, 0.4) is 0 Å². The van der Waals surface area contributed by atoms with Crippen LogP contribution < -0.4 is 5.32 Å². The van der Waals surface area contributed by atoms with E-state index in [4.69, 9.17) is 14.2 Å². The fraction of sp³-hybridized carbons (Fsp3) is 0.588. The minimum Gasteiger partial charge on any atom is -0.479 e. The fourth-order valence-corrected chi connectivity index (χ4v) is 6.98. The highest BCUT2D eigenvalue weighted by atomic mass is 16.6. The van der Waals surface area contributed by atoms with E-state index < -0.39 is 53.6 Å². The van der Waals surface area contributed by atoms with Crippen molar-refractivity contribution in [1.29, 1.82) is 0 Å². The second-order valence-corrected chi connectivity index (χ2v) is 13.1. The molecule has 13 nitrogen and oxygen atoms in total. The summed E-state index contributed by atoms with van der Waals surface area (Å²) in [5, 5.41) is 12.8. The molecule has 0 bridgehead atoms. The van der Waals surface area contributed by atoms with Gasteiger partial charge < -0.3 is 29.5 Å². The van der Waals surface area contributed by atoms with Crippen LogP contribution >= 0.6 is 0 Å². The van der Waals surface area contributed by atoms with Gasteiger partial charge in [-0.3, -0.25) is 14.5 Å². The molecule has 1 aromatic carbocycles. The van der Waals surface area contributed by atoms with Crippen LogP contribution in [0.5, 0.6) is 0 Å². The van der Waals surface area contributed by atoms with E-state index in [1.165, 1.54) is 11.1 Å². The Hall–Kier alpha value is -4.26. The number of hydrogen-bond acceptors (Lipinski definition) is 8. The lowest BCUT2D eigenvalue weighted by atomic mass is 9.99. The van der Waals surface area contributed by atoms with Gasteiger partial charge in [-0.2, -0.15) is 4.99 Å². The summed E-state index contributed by atoms with van der Waals surface area (Å²) in [5.41, 5.74) is 0.609. The summed E-state index contributed by atoms with van der Waals surface area (Å²) in [5.74, 6) is -3.38. The Morgan fingerprint density at radius 1 is 1.00 bits per heavy atom. The number of benzene rings is 1. The van der Waals surface area contributed by atoms with Crippen molar-refractivity contribution in [2.75, 3.05) is 19.8 Å². The molecule has 6 rings (SSSR count). The molecule has 1 aliphatic carbocycles. The van der Waals surface area contributed by atoms with E-state index >= 15 is 0 Å². The van der Waals surface area contributed by atoms with Gasteiger partial charge in [-0.15, -0.1) is 0 Å². The Morgan fingerprint density at radius 2 is 1.74 bits per heavy atom. The van der Waals surface area contributed by atoms with Crippen molar-refractivity contribution in [3.05, 3.63) is 47.5 Å². The highest BCUT2D eigenvalue weighted by Crippen LogP contribution is 2.45. The monoisotopic (exact) mass is 650 g/mol. The minimum absolute atomic E-state index is 0.00988. The van der Waals surface area contributed by atoms with Crippen LogP contribution in [0.2, 0.25) is 0 Å². The van der Waals surface area contributed by atoms with Gasteiger partial charge in [0.1, 0.15) is 23.8 Å². The maximum Gasteiger partial charge on any atom is 0.433 e. The number of hydrogen-bond donors (Lipinski definition) is 2. The number of carboxylic acid groups (broad SMARTS) is 1. The Bertz CT molecular complexity index is 1420. The first kappa shape index (κ1) is 32.7. The molecule has 0 radical (unpaired) electrons. The quantitative estimate of drug-likeness (QED) is 0.366. The lowest BCUT2D eigenvalue weighted by molar-refractivity contribution is -0.145. The van der Waals surface area contributed by atoms with E-state index in [1.54, 1.807) is 4.90 Å². The molecule has 4 amide bonds. The number of ether oxygens (including phenoxy) is 3. The molecule has 4 aliphatic heterocycles. The average Bonchev–Trinajstić information content (AvgIpc) is 3.37. The molecule has 1 saturated carbocycles. The molecule has 13 heteroatoms. The van der Waals surface area contributed by atoms with Crippen molar-refractivity contribution >= 4 is 36.2 Å². The van der Waals surface area contributed by atoms with Gasteiger partial charge in [-0.25, -0.2) is 14.4 Å². The fourth-order valence-electron chi connectivity index (χ4n) is 6.98. The molecule has 2 saturated heterocycles. The van der Waals surface area contributed by atoms with Crippen LogP contribution in [0, 0.1) is 11.8 Å². The van der Waals surface area contributed by atoms with E-state index in [-0.39, 0.29) is 31.4 Å². The summed E-state index contributed by atoms with van der Waals surface area (Å²) in [6.07, 6.45) is 7.53. The van der Waals surface area contributed by atoms with E-state index in [2.05, 4.69) is 10.3 Å². The molecule has 252 valence electrons. The van der Waals surface area contributed by atoms with Crippen molar-refractivity contribution in [1.82, 2.24) is 15.1 Å². The molecule has 0 aromatic heterocycles. The molecule has 1 aromatic rings. The summed E-state index contributed by atoms with van der Waals surface area (Å²) >= 11 is 0. The number of carbonyl (C=O) groups excluding carboxylic acids is 4. The van der Waals surface area contributed by atoms with Crippen LogP contribution in [0.15, 0.2) is 41.4 Å². The summed E-state index contributed by atoms with van der Waals surface area (Å²) in [6, 6.07) is 6.66. The molecule has 2 N–H and O–H groups in total. The third-order valence-corrected chi connectivity index (χ3v) is 9.82. The van der Waals surface area contributed by atoms with Crippen LogP contribution in [0.4, 0.5) is 9.59 Å². The van der Waals surface area contributed by atoms with E-state index in [9.17, 15) is 29.1 Å². The Kier molecular flexibility index (Phi) is 9.90. The van der Waals surface area contributed by atoms with Gasteiger partial charge in [-0.05, 0) is 36.8 Å². The second kappa shape index (κ2) is 14.2. The third kappa shape index (κ3) is 7.50. The standard InChI is InChI=1S/C34H42N4O9/c39-29-28-16-27(47-33(44)37-19-23-9-6-7-10-24(23)20-37)21-38(28)30(40)22(18-35-32(43)46-26-12-14-45-15-13-26)8-4-2-1-3-5-11-25-17-34(25,36-29)31(41)42/h5-7,9-11,18,22,25-28H,1-4,8,12-17,19-21H2,(H,36,39)(H,41,42)/b11-5-,35-18+/t22?,25-,27-,28+,34-/m1/s1. The summed E-state index contributed by atoms with van der Waals surface area (Å²) in [4.78, 5) is 73.0. The largest absolute Gasteiger partial charge is 0.479 e. The van der Waals surface area contributed by atoms with Crippen molar-refractivity contribution in [2.45, 2.75) is 94.7 Å². The SMILES string of the molecule is O=C(/N=C/C1CCCCC/C=C\[C@@H]2C[C@@]2(C(=O)O)NC(=O)[C@@H]2C[C@@H](OC(=O)N3Cc4ccccc4C3)CN2C1=O)OC1CCOCC1. The Labute approximate surface area is 273 Å². The first-order valence-corrected chi connectivity index (χ1v) is 16.6. The van der Waals surface area contributed by atoms with Crippen molar-refractivity contribution in [2.24, 2.45) is 16.8 Å². The van der Waals surface area contributed by atoms with Crippen molar-refractivity contribution in [3.63, 3.8) is 0 Å². The maximum absolute atomic E-state index is 14.2. The zero-order valence-corrected chi connectivity index (χ0v) is 26.4. The van der Waals surface area contributed by atoms with E-state index in [0.717, 1.165) is 30.4 Å². The van der Waals surface area contributed by atoms with Crippen LogP contribution in [-0.2, 0) is 41.7 Å². The number of aliphatic carboxylic acids is 1. The molecule has 5 aliphatic rings. The number of amides is 4. The zero-order valence-electron chi connectivity index (χ0n) is 26.4. The van der Waals surface area contributed by atoms with Gasteiger partial charge in [0.05, 0.1) is 25.7 Å². The van der Waals surface area contributed by atoms with Crippen molar-refractivity contribution < 1.29 is 43.3 Å². The summed E-state index contributed by atoms with van der Waals surface area (Å²) in [6.45, 7) is 1.73. The number of carbonyl (C=O) groups is 5. The molecule has 3 fully saturated rings. The number of aliphatic imine (C=N–C) groups is 1. The number of nitrogens with zero attached hydrogens (tertiary/aromatic N) is 3. The van der Waals surface area contributed by atoms with Crippen molar-refractivity contribution in [3.8, 4) is 0 Å². The number of allylic oxidation sites excluding steroid dienone is 1. The van der Waals surface area contributed by atoms with Gasteiger partial charge >= 0.3 is 18.2 Å². The summed E-state index contributed by atoms with van der Waals surface area (Å²) in [7, 11) is 0. The normalized spacial score (nSPS) is 30.7. The van der Waals surface area contributed by atoms with E-state index in [0.29, 0.717) is 52.0 Å². The minimum atomic E-state index is -1.45. The zero-order chi connectivity index (χ0) is 33.0. The lowest BCUT2D eigenvalue weighted by Crippen LogP contribution is -2.53. The molecule has 4 heterocycles. The maximum atomic E-state index is 14.2. The third-order valence-electron chi connectivity index (χ3n) is 9.82. The molecular weight excluding hydrogens is 608 g/mol. The van der Waals surface area contributed by atoms with Gasteiger partial charge in [0.25, 0.3) is 0 Å². The molecule has 47 heavy (non-hydrogen) atoms. The molecule has 1 unspecified atom stereocenters. The summed E-state index contributed by atoms with van der Waals surface area (Å²) < 4.78 is 16.6. The Morgan fingerprint density at radius 3 is 2.47 bits per heavy atom. The average molecular weight is 651 g/mol. The lowest BCUT2D eigenvalue weighted by Gasteiger charge is -2.28. The van der Waals surface area contributed by atoms with Gasteiger partial charge in [-0.1, -0.05) is 49.3 Å². The van der Waals surface area contributed by atoms with Crippen LogP contribution in [0.25, 0.3) is 0 Å². The van der Waals surface area contributed by atoms with Crippen LogP contribution in [-0.4, -0.2) is 94.6 Å². The second-order valence-electron chi connectivity index (χ2n) is 13.1. The highest BCUT2D eigenvalue weighted by Gasteiger charge is 2.61. The van der Waals surface area contributed by atoms with Gasteiger partial charge in [0.2, 0.25) is 11.8 Å². The number of rotatable bonds is 4. The predicted octanol–water partition coefficient (Wildman–Crippen LogP) is 3.59. The predicted molar refractivity (Wildman–Crippen MR) is 167 cm³/mol. The number of fused-ring (bicyclic) bond motifs is 3. The number of carboxylic acids is 1. The molecule has 5 atom stereocenters. The molecular formula is C34H42N4O9. The molecule has 0 spiro atoms. The number of nitrogens with one attached hydrogen (secondary N) is 1.